The normalized spacial score (nSPS) is 26.3. The molecule has 0 aliphatic heterocycles. The van der Waals surface area contributed by atoms with Crippen molar-refractivity contribution in [3.05, 3.63) is 47.9 Å². The predicted octanol–water partition coefficient (Wildman–Crippen LogP) is 2.10. The monoisotopic (exact) mass is 263 g/mol. The molecule has 0 unspecified atom stereocenters. The molecule has 2 N–H and O–H groups in total. The number of aromatic amines is 1. The molecule has 0 saturated heterocycles. The SMILES string of the molecule is c1ccc2c(c1)C[C@@H]1[C@@H](Nc3ncnc4[nH]ncc34)[C@H]21. The maximum Gasteiger partial charge on any atom is 0.160 e. The zero-order chi connectivity index (χ0) is 13.1. The van der Waals surface area contributed by atoms with Crippen LogP contribution in [0.5, 0.6) is 0 Å². The third-order valence-corrected chi connectivity index (χ3v) is 4.59. The minimum Gasteiger partial charge on any atom is -0.366 e. The number of anilines is 1. The highest BCUT2D eigenvalue weighted by Crippen LogP contribution is 2.57. The molecule has 98 valence electrons. The molecule has 1 fully saturated rings. The van der Waals surface area contributed by atoms with Gasteiger partial charge in [-0.25, -0.2) is 9.97 Å². The van der Waals surface area contributed by atoms with Crippen molar-refractivity contribution in [1.29, 1.82) is 0 Å². The van der Waals surface area contributed by atoms with E-state index < -0.39 is 0 Å². The lowest BCUT2D eigenvalue weighted by Crippen LogP contribution is -2.11. The number of benzene rings is 1. The second kappa shape index (κ2) is 3.56. The van der Waals surface area contributed by atoms with Crippen LogP contribution in [0.1, 0.15) is 17.0 Å². The molecule has 5 rings (SSSR count). The fraction of sp³-hybridized carbons (Fsp3) is 0.267. The van der Waals surface area contributed by atoms with Gasteiger partial charge in [-0.1, -0.05) is 24.3 Å². The van der Waals surface area contributed by atoms with E-state index >= 15 is 0 Å². The summed E-state index contributed by atoms with van der Waals surface area (Å²) >= 11 is 0. The largest absolute Gasteiger partial charge is 0.366 e. The summed E-state index contributed by atoms with van der Waals surface area (Å²) in [5.41, 5.74) is 3.80. The molecule has 0 spiro atoms. The Kier molecular flexibility index (Phi) is 1.85. The summed E-state index contributed by atoms with van der Waals surface area (Å²) < 4.78 is 0. The van der Waals surface area contributed by atoms with Gasteiger partial charge in [-0.05, 0) is 23.5 Å². The molecule has 5 heteroatoms. The lowest BCUT2D eigenvalue weighted by atomic mass is 10.1. The number of rotatable bonds is 2. The number of fused-ring (bicyclic) bond motifs is 4. The van der Waals surface area contributed by atoms with Crippen LogP contribution in [0.2, 0.25) is 0 Å². The summed E-state index contributed by atoms with van der Waals surface area (Å²) in [5.74, 6) is 2.24. The summed E-state index contributed by atoms with van der Waals surface area (Å²) in [6.45, 7) is 0. The van der Waals surface area contributed by atoms with Gasteiger partial charge >= 0.3 is 0 Å². The summed E-state index contributed by atoms with van der Waals surface area (Å²) in [7, 11) is 0. The van der Waals surface area contributed by atoms with Crippen molar-refractivity contribution in [2.75, 3.05) is 5.32 Å². The Balaban J connectivity index is 1.47. The first kappa shape index (κ1) is 10.4. The van der Waals surface area contributed by atoms with Crippen molar-refractivity contribution in [3.63, 3.8) is 0 Å². The van der Waals surface area contributed by atoms with Crippen LogP contribution in [0.3, 0.4) is 0 Å². The molecule has 3 atom stereocenters. The molecule has 0 bridgehead atoms. The number of aromatic nitrogens is 4. The molecule has 2 aliphatic carbocycles. The van der Waals surface area contributed by atoms with Gasteiger partial charge in [0.05, 0.1) is 11.6 Å². The van der Waals surface area contributed by atoms with Crippen molar-refractivity contribution < 1.29 is 0 Å². The third-order valence-electron chi connectivity index (χ3n) is 4.59. The molecule has 0 radical (unpaired) electrons. The summed E-state index contributed by atoms with van der Waals surface area (Å²) in [4.78, 5) is 8.53. The molecule has 2 aromatic heterocycles. The molecular formula is C15H13N5. The second-order valence-electron chi connectivity index (χ2n) is 5.62. The van der Waals surface area contributed by atoms with Crippen LogP contribution in [0.25, 0.3) is 11.0 Å². The van der Waals surface area contributed by atoms with Crippen molar-refractivity contribution in [3.8, 4) is 0 Å². The Hall–Kier alpha value is -2.43. The Morgan fingerprint density at radius 1 is 1.20 bits per heavy atom. The van der Waals surface area contributed by atoms with Crippen LogP contribution in [-0.4, -0.2) is 26.2 Å². The second-order valence-corrected chi connectivity index (χ2v) is 5.62. The van der Waals surface area contributed by atoms with Gasteiger partial charge in [0.1, 0.15) is 12.1 Å². The molecule has 1 saturated carbocycles. The topological polar surface area (TPSA) is 66.5 Å². The Labute approximate surface area is 115 Å². The molecule has 3 aromatic rings. The third kappa shape index (κ3) is 1.29. The molecule has 20 heavy (non-hydrogen) atoms. The fourth-order valence-corrected chi connectivity index (χ4v) is 3.59. The van der Waals surface area contributed by atoms with E-state index in [0.717, 1.165) is 16.9 Å². The van der Waals surface area contributed by atoms with E-state index in [1.807, 2.05) is 0 Å². The molecule has 1 aromatic carbocycles. The first-order chi connectivity index (χ1) is 9.92. The average Bonchev–Trinajstić information content (AvgIpc) is 2.88. The zero-order valence-corrected chi connectivity index (χ0v) is 10.7. The molecule has 2 aliphatic rings. The summed E-state index contributed by atoms with van der Waals surface area (Å²) in [6.07, 6.45) is 4.54. The highest BCUT2D eigenvalue weighted by molar-refractivity contribution is 5.85. The van der Waals surface area contributed by atoms with Crippen molar-refractivity contribution in [2.45, 2.75) is 18.4 Å². The van der Waals surface area contributed by atoms with Gasteiger partial charge < -0.3 is 5.32 Å². The fourth-order valence-electron chi connectivity index (χ4n) is 3.59. The number of nitrogens with zero attached hydrogens (tertiary/aromatic N) is 3. The van der Waals surface area contributed by atoms with Gasteiger partial charge in [-0.15, -0.1) is 0 Å². The quantitative estimate of drug-likeness (QED) is 0.743. The maximum atomic E-state index is 4.36. The van der Waals surface area contributed by atoms with Crippen molar-refractivity contribution in [1.82, 2.24) is 20.2 Å². The smallest absolute Gasteiger partial charge is 0.160 e. The number of nitrogens with one attached hydrogen (secondary N) is 2. The van der Waals surface area contributed by atoms with E-state index in [1.165, 1.54) is 17.5 Å². The van der Waals surface area contributed by atoms with Crippen LogP contribution in [0.4, 0.5) is 5.82 Å². The highest BCUT2D eigenvalue weighted by atomic mass is 15.2. The lowest BCUT2D eigenvalue weighted by Gasteiger charge is -2.10. The van der Waals surface area contributed by atoms with E-state index in [2.05, 4.69) is 49.7 Å². The van der Waals surface area contributed by atoms with Crippen LogP contribution in [0, 0.1) is 5.92 Å². The lowest BCUT2D eigenvalue weighted by molar-refractivity contribution is 0.822. The van der Waals surface area contributed by atoms with Gasteiger partial charge in [0.15, 0.2) is 5.65 Å². The Bertz CT molecular complexity index is 809. The van der Waals surface area contributed by atoms with Crippen molar-refractivity contribution in [2.24, 2.45) is 5.92 Å². The van der Waals surface area contributed by atoms with Gasteiger partial charge in [0.2, 0.25) is 0 Å². The van der Waals surface area contributed by atoms with E-state index in [0.29, 0.717) is 17.9 Å². The first-order valence-electron chi connectivity index (χ1n) is 6.90. The van der Waals surface area contributed by atoms with Gasteiger partial charge in [0, 0.05) is 12.0 Å². The van der Waals surface area contributed by atoms with Crippen LogP contribution >= 0.6 is 0 Å². The minimum absolute atomic E-state index is 0.498. The number of H-pyrrole nitrogens is 1. The highest BCUT2D eigenvalue weighted by Gasteiger charge is 2.55. The van der Waals surface area contributed by atoms with Crippen LogP contribution in [0.15, 0.2) is 36.8 Å². The van der Waals surface area contributed by atoms with Crippen LogP contribution in [-0.2, 0) is 6.42 Å². The van der Waals surface area contributed by atoms with Crippen molar-refractivity contribution >= 4 is 16.9 Å². The molecule has 2 heterocycles. The Morgan fingerprint density at radius 3 is 3.15 bits per heavy atom. The molecule has 0 amide bonds. The predicted molar refractivity (Wildman–Crippen MR) is 75.5 cm³/mol. The van der Waals surface area contributed by atoms with Crippen LogP contribution < -0.4 is 5.32 Å². The number of hydrogen-bond donors (Lipinski definition) is 2. The van der Waals surface area contributed by atoms with E-state index in [1.54, 1.807) is 12.5 Å². The van der Waals surface area contributed by atoms with Gasteiger partial charge in [0.25, 0.3) is 0 Å². The van der Waals surface area contributed by atoms with E-state index in [9.17, 15) is 0 Å². The standard InChI is InChI=1S/C15H13N5/c1-2-4-9-8(3-1)5-10-12(9)13(10)19-14-11-6-18-20-15(11)17-7-16-14/h1-4,6-7,10,12-13H,5H2,(H2,16,17,18,19,20)/t10-,12+,13+/m0/s1. The Morgan fingerprint density at radius 2 is 2.15 bits per heavy atom. The van der Waals surface area contributed by atoms with Gasteiger partial charge in [-0.3, -0.25) is 5.10 Å². The average molecular weight is 263 g/mol. The first-order valence-corrected chi connectivity index (χ1v) is 6.90. The molecular weight excluding hydrogens is 250 g/mol. The molecule has 5 nitrogen and oxygen atoms in total. The van der Waals surface area contributed by atoms with Gasteiger partial charge in [-0.2, -0.15) is 5.10 Å². The minimum atomic E-state index is 0.498. The number of hydrogen-bond acceptors (Lipinski definition) is 4. The zero-order valence-electron chi connectivity index (χ0n) is 10.7. The maximum absolute atomic E-state index is 4.36. The summed E-state index contributed by atoms with van der Waals surface area (Å²) in [6, 6.07) is 9.27. The summed E-state index contributed by atoms with van der Waals surface area (Å²) in [5, 5.41) is 11.4. The van der Waals surface area contributed by atoms with E-state index in [-0.39, 0.29) is 0 Å². The van der Waals surface area contributed by atoms with E-state index in [4.69, 9.17) is 0 Å².